The Labute approximate surface area is 91.3 Å². The van der Waals surface area contributed by atoms with Crippen LogP contribution in [0.1, 0.15) is 10.8 Å². The number of hydrogen-bond acceptors (Lipinski definition) is 6. The van der Waals surface area contributed by atoms with E-state index in [0.717, 1.165) is 13.0 Å². The molecule has 0 radical (unpaired) electrons. The van der Waals surface area contributed by atoms with Crippen molar-refractivity contribution in [2.24, 2.45) is 5.73 Å². The van der Waals surface area contributed by atoms with Gasteiger partial charge in [0.25, 0.3) is 0 Å². The second-order valence-electron chi connectivity index (χ2n) is 2.96. The van der Waals surface area contributed by atoms with Crippen molar-refractivity contribution in [1.82, 2.24) is 10.2 Å². The van der Waals surface area contributed by atoms with Crippen LogP contribution in [0.4, 0.5) is 6.01 Å². The van der Waals surface area contributed by atoms with E-state index in [1.54, 1.807) is 11.3 Å². The highest BCUT2D eigenvalue weighted by molar-refractivity contribution is 7.09. The highest BCUT2D eigenvalue weighted by Crippen LogP contribution is 2.10. The molecule has 15 heavy (non-hydrogen) atoms. The average molecular weight is 224 g/mol. The lowest BCUT2D eigenvalue weighted by Crippen LogP contribution is -2.03. The van der Waals surface area contributed by atoms with Gasteiger partial charge in [-0.1, -0.05) is 11.2 Å². The number of nitrogens with one attached hydrogen (secondary N) is 1. The van der Waals surface area contributed by atoms with Crippen LogP contribution in [-0.4, -0.2) is 16.7 Å². The number of rotatable bonds is 5. The van der Waals surface area contributed by atoms with Crippen molar-refractivity contribution in [3.05, 3.63) is 28.3 Å². The molecule has 0 aliphatic rings. The first-order valence-electron chi connectivity index (χ1n) is 4.67. The lowest BCUT2D eigenvalue weighted by molar-refractivity contribution is 0.507. The first kappa shape index (κ1) is 10.1. The van der Waals surface area contributed by atoms with Gasteiger partial charge in [0.05, 0.1) is 6.54 Å². The van der Waals surface area contributed by atoms with Gasteiger partial charge in [-0.25, -0.2) is 0 Å². The van der Waals surface area contributed by atoms with Crippen molar-refractivity contribution >= 4 is 17.4 Å². The molecule has 2 aromatic rings. The van der Waals surface area contributed by atoms with E-state index in [9.17, 15) is 0 Å². The summed E-state index contributed by atoms with van der Waals surface area (Å²) in [6.07, 6.45) is 0.956. The molecule has 0 bridgehead atoms. The summed E-state index contributed by atoms with van der Waals surface area (Å²) in [5.74, 6) is 0.452. The second-order valence-corrected chi connectivity index (χ2v) is 3.99. The molecule has 2 aromatic heterocycles. The summed E-state index contributed by atoms with van der Waals surface area (Å²) in [6, 6.07) is 4.58. The minimum atomic E-state index is 0.277. The molecule has 2 heterocycles. The number of nitrogens with two attached hydrogens (primary N) is 1. The zero-order valence-electron chi connectivity index (χ0n) is 8.14. The lowest BCUT2D eigenvalue weighted by Gasteiger charge is -1.98. The minimum absolute atomic E-state index is 0.277. The highest BCUT2D eigenvalue weighted by Gasteiger charge is 2.02. The SMILES string of the molecule is NCc1nnc(NCCc2cccs2)o1. The van der Waals surface area contributed by atoms with Crippen molar-refractivity contribution in [3.8, 4) is 0 Å². The van der Waals surface area contributed by atoms with Gasteiger partial charge in [0.2, 0.25) is 5.89 Å². The predicted octanol–water partition coefficient (Wildman–Crippen LogP) is 1.24. The normalized spacial score (nSPS) is 10.5. The summed E-state index contributed by atoms with van der Waals surface area (Å²) in [7, 11) is 0. The van der Waals surface area contributed by atoms with E-state index in [4.69, 9.17) is 10.2 Å². The largest absolute Gasteiger partial charge is 0.407 e. The van der Waals surface area contributed by atoms with Crippen LogP contribution in [-0.2, 0) is 13.0 Å². The Morgan fingerprint density at radius 2 is 2.40 bits per heavy atom. The summed E-state index contributed by atoms with van der Waals surface area (Å²) >= 11 is 1.74. The number of nitrogens with zero attached hydrogens (tertiary/aromatic N) is 2. The summed E-state index contributed by atoms with van der Waals surface area (Å²) in [4.78, 5) is 1.33. The molecule has 0 aliphatic heterocycles. The zero-order chi connectivity index (χ0) is 10.5. The van der Waals surface area contributed by atoms with Crippen LogP contribution in [0.5, 0.6) is 0 Å². The standard InChI is InChI=1S/C9H12N4OS/c10-6-8-12-13-9(14-8)11-4-3-7-2-1-5-15-7/h1-2,5H,3-4,6,10H2,(H,11,13). The van der Waals surface area contributed by atoms with Crippen molar-refractivity contribution in [3.63, 3.8) is 0 Å². The van der Waals surface area contributed by atoms with E-state index >= 15 is 0 Å². The van der Waals surface area contributed by atoms with Gasteiger partial charge >= 0.3 is 6.01 Å². The molecule has 0 saturated heterocycles. The summed E-state index contributed by atoms with van der Waals surface area (Å²) < 4.78 is 5.20. The fourth-order valence-corrected chi connectivity index (χ4v) is 1.86. The summed E-state index contributed by atoms with van der Waals surface area (Å²) in [6.45, 7) is 1.06. The van der Waals surface area contributed by atoms with Gasteiger partial charge in [-0.15, -0.1) is 16.4 Å². The summed E-state index contributed by atoms with van der Waals surface area (Å²) in [5.41, 5.74) is 5.35. The Morgan fingerprint density at radius 3 is 3.07 bits per heavy atom. The monoisotopic (exact) mass is 224 g/mol. The first-order valence-corrected chi connectivity index (χ1v) is 5.55. The molecule has 0 aromatic carbocycles. The fourth-order valence-electron chi connectivity index (χ4n) is 1.15. The van der Waals surface area contributed by atoms with Crippen LogP contribution in [0, 0.1) is 0 Å². The molecule has 0 aliphatic carbocycles. The first-order chi connectivity index (χ1) is 7.38. The minimum Gasteiger partial charge on any atom is -0.407 e. The van der Waals surface area contributed by atoms with E-state index in [-0.39, 0.29) is 6.54 Å². The second kappa shape index (κ2) is 4.90. The number of hydrogen-bond donors (Lipinski definition) is 2. The topological polar surface area (TPSA) is 77.0 Å². The van der Waals surface area contributed by atoms with Crippen molar-refractivity contribution in [1.29, 1.82) is 0 Å². The third-order valence-corrected chi connectivity index (χ3v) is 2.81. The van der Waals surface area contributed by atoms with Gasteiger partial charge in [0, 0.05) is 11.4 Å². The smallest absolute Gasteiger partial charge is 0.315 e. The maximum Gasteiger partial charge on any atom is 0.315 e. The fraction of sp³-hybridized carbons (Fsp3) is 0.333. The van der Waals surface area contributed by atoms with Crippen LogP contribution in [0.2, 0.25) is 0 Å². The van der Waals surface area contributed by atoms with Gasteiger partial charge in [-0.3, -0.25) is 0 Å². The number of thiophene rings is 1. The summed E-state index contributed by atoms with van der Waals surface area (Å²) in [5, 5.41) is 12.7. The zero-order valence-corrected chi connectivity index (χ0v) is 8.96. The maximum atomic E-state index is 5.35. The third kappa shape index (κ3) is 2.77. The molecule has 2 rings (SSSR count). The molecule has 0 spiro atoms. The van der Waals surface area contributed by atoms with Gasteiger partial charge in [0.15, 0.2) is 0 Å². The average Bonchev–Trinajstić information content (AvgIpc) is 2.88. The third-order valence-electron chi connectivity index (χ3n) is 1.87. The van der Waals surface area contributed by atoms with E-state index < -0.39 is 0 Å². The van der Waals surface area contributed by atoms with E-state index in [2.05, 4.69) is 27.0 Å². The Balaban J connectivity index is 1.78. The van der Waals surface area contributed by atoms with E-state index in [0.29, 0.717) is 11.9 Å². The van der Waals surface area contributed by atoms with Gasteiger partial charge in [0.1, 0.15) is 0 Å². The molecule has 0 saturated carbocycles. The lowest BCUT2D eigenvalue weighted by atomic mass is 10.3. The highest BCUT2D eigenvalue weighted by atomic mass is 32.1. The van der Waals surface area contributed by atoms with Crippen molar-refractivity contribution in [2.45, 2.75) is 13.0 Å². The van der Waals surface area contributed by atoms with E-state index in [1.165, 1.54) is 4.88 Å². The molecule has 5 nitrogen and oxygen atoms in total. The van der Waals surface area contributed by atoms with Crippen molar-refractivity contribution < 1.29 is 4.42 Å². The molecule has 0 fully saturated rings. The van der Waals surface area contributed by atoms with Gasteiger partial charge < -0.3 is 15.5 Å². The molecule has 80 valence electrons. The van der Waals surface area contributed by atoms with Gasteiger partial charge in [-0.2, -0.15) is 0 Å². The maximum absolute atomic E-state index is 5.35. The molecule has 0 amide bonds. The number of anilines is 1. The van der Waals surface area contributed by atoms with Gasteiger partial charge in [-0.05, 0) is 17.9 Å². The molecular formula is C9H12N4OS. The van der Waals surface area contributed by atoms with Crippen LogP contribution in [0.25, 0.3) is 0 Å². The van der Waals surface area contributed by atoms with Crippen LogP contribution >= 0.6 is 11.3 Å². The predicted molar refractivity (Wildman–Crippen MR) is 58.7 cm³/mol. The number of aromatic nitrogens is 2. The van der Waals surface area contributed by atoms with Crippen LogP contribution < -0.4 is 11.1 Å². The van der Waals surface area contributed by atoms with E-state index in [1.807, 2.05) is 6.07 Å². The Bertz CT molecular complexity index is 398. The quantitative estimate of drug-likeness (QED) is 0.799. The molecule has 3 N–H and O–H groups in total. The molecule has 6 heteroatoms. The molecule has 0 unspecified atom stereocenters. The van der Waals surface area contributed by atoms with Crippen molar-refractivity contribution in [2.75, 3.05) is 11.9 Å². The Hall–Kier alpha value is -1.40. The van der Waals surface area contributed by atoms with Crippen LogP contribution in [0.15, 0.2) is 21.9 Å². The Kier molecular flexibility index (Phi) is 3.31. The van der Waals surface area contributed by atoms with Crippen LogP contribution in [0.3, 0.4) is 0 Å². The molecular weight excluding hydrogens is 212 g/mol. The molecule has 0 atom stereocenters. The Morgan fingerprint density at radius 1 is 1.47 bits per heavy atom.